The van der Waals surface area contributed by atoms with E-state index >= 15 is 0 Å². The molecule has 2 rings (SSSR count). The van der Waals surface area contributed by atoms with E-state index in [0.29, 0.717) is 16.5 Å². The van der Waals surface area contributed by atoms with Gasteiger partial charge >= 0.3 is 0 Å². The summed E-state index contributed by atoms with van der Waals surface area (Å²) in [6, 6.07) is 3.55. The molecule has 4 N–H and O–H groups in total. The van der Waals surface area contributed by atoms with Gasteiger partial charge in [-0.3, -0.25) is 4.98 Å². The number of hydrogen-bond acceptors (Lipinski definition) is 4. The van der Waals surface area contributed by atoms with E-state index in [9.17, 15) is 0 Å². The largest absolute Gasteiger partial charge is 0.395 e. The summed E-state index contributed by atoms with van der Waals surface area (Å²) in [5.41, 5.74) is 13.5. The van der Waals surface area contributed by atoms with Crippen molar-refractivity contribution in [2.24, 2.45) is 0 Å². The van der Waals surface area contributed by atoms with Crippen molar-refractivity contribution >= 4 is 23.1 Å². The molecular formula is C10H9ClN4. The van der Waals surface area contributed by atoms with Gasteiger partial charge in [-0.05, 0) is 12.1 Å². The molecule has 0 spiro atoms. The Labute approximate surface area is 91.9 Å². The maximum absolute atomic E-state index is 5.84. The second-order valence-corrected chi connectivity index (χ2v) is 3.49. The summed E-state index contributed by atoms with van der Waals surface area (Å²) in [6.45, 7) is 0. The molecule has 0 fully saturated rings. The lowest BCUT2D eigenvalue weighted by Gasteiger charge is -2.06. The van der Waals surface area contributed by atoms with Crippen molar-refractivity contribution in [3.8, 4) is 11.1 Å². The second-order valence-electron chi connectivity index (χ2n) is 3.05. The zero-order valence-corrected chi connectivity index (χ0v) is 8.57. The van der Waals surface area contributed by atoms with Crippen molar-refractivity contribution in [3.05, 3.63) is 35.7 Å². The monoisotopic (exact) mass is 220 g/mol. The molecule has 0 unspecified atom stereocenters. The van der Waals surface area contributed by atoms with Crippen molar-refractivity contribution in [1.29, 1.82) is 0 Å². The molecule has 15 heavy (non-hydrogen) atoms. The first-order valence-electron chi connectivity index (χ1n) is 4.29. The lowest BCUT2D eigenvalue weighted by Crippen LogP contribution is -1.99. The molecule has 4 nitrogen and oxygen atoms in total. The molecule has 0 aliphatic heterocycles. The van der Waals surface area contributed by atoms with Gasteiger partial charge in [0.15, 0.2) is 0 Å². The second kappa shape index (κ2) is 3.74. The van der Waals surface area contributed by atoms with Crippen LogP contribution in [0.25, 0.3) is 11.1 Å². The van der Waals surface area contributed by atoms with Crippen LogP contribution in [0.15, 0.2) is 30.7 Å². The molecule has 5 heteroatoms. The van der Waals surface area contributed by atoms with Crippen molar-refractivity contribution in [3.63, 3.8) is 0 Å². The quantitative estimate of drug-likeness (QED) is 0.770. The van der Waals surface area contributed by atoms with Crippen LogP contribution in [0.5, 0.6) is 0 Å². The molecule has 0 aliphatic rings. The SMILES string of the molecule is Nc1nccc(-c2cncc(Cl)c2)c1N. The van der Waals surface area contributed by atoms with Gasteiger partial charge in [0, 0.05) is 29.7 Å². The minimum Gasteiger partial charge on any atom is -0.395 e. The molecule has 2 aromatic rings. The standard InChI is InChI=1S/C10H9ClN4/c11-7-3-6(4-14-5-7)8-1-2-15-10(13)9(8)12/h1-5H,12H2,(H2,13,15). The number of nitrogens with zero attached hydrogens (tertiary/aromatic N) is 2. The third-order valence-corrected chi connectivity index (χ3v) is 2.24. The predicted octanol–water partition coefficient (Wildman–Crippen LogP) is 1.96. The van der Waals surface area contributed by atoms with Gasteiger partial charge in [-0.1, -0.05) is 11.6 Å². The maximum Gasteiger partial charge on any atom is 0.147 e. The van der Waals surface area contributed by atoms with Crippen LogP contribution in [0.2, 0.25) is 5.02 Å². The highest BCUT2D eigenvalue weighted by Gasteiger charge is 2.06. The van der Waals surface area contributed by atoms with Gasteiger partial charge in [-0.15, -0.1) is 0 Å². The first-order chi connectivity index (χ1) is 7.18. The van der Waals surface area contributed by atoms with E-state index in [1.807, 2.05) is 0 Å². The van der Waals surface area contributed by atoms with Crippen molar-refractivity contribution in [2.75, 3.05) is 11.5 Å². The summed E-state index contributed by atoms with van der Waals surface area (Å²) in [4.78, 5) is 7.87. The Bertz CT molecular complexity index is 499. The highest BCUT2D eigenvalue weighted by molar-refractivity contribution is 6.30. The van der Waals surface area contributed by atoms with Crippen molar-refractivity contribution in [2.45, 2.75) is 0 Å². The summed E-state index contributed by atoms with van der Waals surface area (Å²) in [6.07, 6.45) is 4.84. The molecule has 2 heterocycles. The number of rotatable bonds is 1. The molecule has 0 aromatic carbocycles. The zero-order valence-electron chi connectivity index (χ0n) is 7.81. The van der Waals surface area contributed by atoms with Crippen LogP contribution in [0, 0.1) is 0 Å². The van der Waals surface area contributed by atoms with E-state index in [2.05, 4.69) is 9.97 Å². The number of halogens is 1. The summed E-state index contributed by atoms with van der Waals surface area (Å²) in [7, 11) is 0. The lowest BCUT2D eigenvalue weighted by atomic mass is 10.1. The van der Waals surface area contributed by atoms with Crippen LogP contribution in [0.1, 0.15) is 0 Å². The van der Waals surface area contributed by atoms with Crippen LogP contribution in [0.3, 0.4) is 0 Å². The first-order valence-corrected chi connectivity index (χ1v) is 4.67. The van der Waals surface area contributed by atoms with E-state index in [1.165, 1.54) is 0 Å². The van der Waals surface area contributed by atoms with Crippen molar-refractivity contribution < 1.29 is 0 Å². The van der Waals surface area contributed by atoms with Gasteiger partial charge in [-0.2, -0.15) is 0 Å². The Balaban J connectivity index is 2.59. The van der Waals surface area contributed by atoms with Crippen LogP contribution in [-0.4, -0.2) is 9.97 Å². The van der Waals surface area contributed by atoms with Crippen LogP contribution < -0.4 is 11.5 Å². The van der Waals surface area contributed by atoms with Crippen LogP contribution in [0.4, 0.5) is 11.5 Å². The molecule has 0 aliphatic carbocycles. The molecule has 0 radical (unpaired) electrons. The average Bonchev–Trinajstić information content (AvgIpc) is 2.22. The molecule has 76 valence electrons. The number of nitrogens with two attached hydrogens (primary N) is 2. The molecule has 0 atom stereocenters. The molecule has 0 amide bonds. The summed E-state index contributed by atoms with van der Waals surface area (Å²) >= 11 is 5.84. The van der Waals surface area contributed by atoms with E-state index in [0.717, 1.165) is 11.1 Å². The smallest absolute Gasteiger partial charge is 0.147 e. The van der Waals surface area contributed by atoms with Gasteiger partial charge in [0.2, 0.25) is 0 Å². The predicted molar refractivity (Wildman–Crippen MR) is 61.3 cm³/mol. The van der Waals surface area contributed by atoms with Crippen LogP contribution >= 0.6 is 11.6 Å². The Hall–Kier alpha value is -1.81. The Kier molecular flexibility index (Phi) is 2.43. The highest BCUT2D eigenvalue weighted by Crippen LogP contribution is 2.29. The zero-order chi connectivity index (χ0) is 10.8. The Morgan fingerprint density at radius 3 is 2.73 bits per heavy atom. The van der Waals surface area contributed by atoms with Gasteiger partial charge in [-0.25, -0.2) is 4.98 Å². The van der Waals surface area contributed by atoms with Gasteiger partial charge in [0.05, 0.1) is 10.7 Å². The number of nitrogen functional groups attached to an aromatic ring is 2. The fraction of sp³-hybridized carbons (Fsp3) is 0. The lowest BCUT2D eigenvalue weighted by molar-refractivity contribution is 1.31. The normalized spacial score (nSPS) is 10.2. The van der Waals surface area contributed by atoms with Gasteiger partial charge in [0.25, 0.3) is 0 Å². The molecule has 2 aromatic heterocycles. The van der Waals surface area contributed by atoms with E-state index in [-0.39, 0.29) is 0 Å². The number of hydrogen-bond donors (Lipinski definition) is 2. The molecular weight excluding hydrogens is 212 g/mol. The highest BCUT2D eigenvalue weighted by atomic mass is 35.5. The fourth-order valence-electron chi connectivity index (χ4n) is 1.30. The molecule has 0 saturated heterocycles. The Morgan fingerprint density at radius 1 is 1.20 bits per heavy atom. The van der Waals surface area contributed by atoms with Crippen molar-refractivity contribution in [1.82, 2.24) is 9.97 Å². The minimum absolute atomic E-state index is 0.312. The van der Waals surface area contributed by atoms with E-state index < -0.39 is 0 Å². The fourth-order valence-corrected chi connectivity index (χ4v) is 1.47. The van der Waals surface area contributed by atoms with E-state index in [4.69, 9.17) is 23.1 Å². The molecule has 0 bridgehead atoms. The van der Waals surface area contributed by atoms with Crippen LogP contribution in [-0.2, 0) is 0 Å². The van der Waals surface area contributed by atoms with E-state index in [1.54, 1.807) is 30.7 Å². The maximum atomic E-state index is 5.84. The minimum atomic E-state index is 0.312. The average molecular weight is 221 g/mol. The Morgan fingerprint density at radius 2 is 2.00 bits per heavy atom. The molecule has 0 saturated carbocycles. The van der Waals surface area contributed by atoms with Gasteiger partial charge in [0.1, 0.15) is 5.82 Å². The first kappa shape index (κ1) is 9.73. The number of pyridine rings is 2. The van der Waals surface area contributed by atoms with Gasteiger partial charge < -0.3 is 11.5 Å². The number of aromatic nitrogens is 2. The number of anilines is 2. The summed E-state index contributed by atoms with van der Waals surface area (Å²) in [5, 5.41) is 0.558. The summed E-state index contributed by atoms with van der Waals surface area (Å²) in [5.74, 6) is 0.312. The summed E-state index contributed by atoms with van der Waals surface area (Å²) < 4.78 is 0. The third-order valence-electron chi connectivity index (χ3n) is 2.04. The topological polar surface area (TPSA) is 77.8 Å². The third kappa shape index (κ3) is 1.85.